The van der Waals surface area contributed by atoms with Gasteiger partial charge in [-0.05, 0) is 46.5 Å². The highest BCUT2D eigenvalue weighted by atomic mass is 15.4. The fourth-order valence-electron chi connectivity index (χ4n) is 2.60. The predicted octanol–water partition coefficient (Wildman–Crippen LogP) is 2.70. The molecule has 1 heterocycles. The highest BCUT2D eigenvalue weighted by molar-refractivity contribution is 4.95. The third-order valence-electron chi connectivity index (χ3n) is 3.94. The summed E-state index contributed by atoms with van der Waals surface area (Å²) >= 11 is 0. The maximum Gasteiger partial charge on any atom is 0.0965 e. The van der Waals surface area contributed by atoms with Gasteiger partial charge in [-0.2, -0.15) is 0 Å². The summed E-state index contributed by atoms with van der Waals surface area (Å²) in [4.78, 5) is 0. The number of rotatable bonds is 4. The first-order chi connectivity index (χ1) is 8.47. The Kier molecular flexibility index (Phi) is 4.05. The van der Waals surface area contributed by atoms with Crippen LogP contribution in [0.2, 0.25) is 0 Å². The molecule has 4 heteroatoms. The molecule has 102 valence electrons. The zero-order valence-corrected chi connectivity index (χ0v) is 12.1. The van der Waals surface area contributed by atoms with E-state index in [4.69, 9.17) is 0 Å². The molecule has 1 aromatic rings. The van der Waals surface area contributed by atoms with Crippen LogP contribution in [-0.4, -0.2) is 21.0 Å². The molecule has 1 fully saturated rings. The molecule has 1 aliphatic rings. The van der Waals surface area contributed by atoms with E-state index >= 15 is 0 Å². The number of nitrogens with zero attached hydrogens (tertiary/aromatic N) is 3. The second-order valence-electron chi connectivity index (χ2n) is 6.54. The molecule has 1 N–H and O–H groups in total. The minimum absolute atomic E-state index is 0.0162. The van der Waals surface area contributed by atoms with E-state index in [0.29, 0.717) is 6.04 Å². The van der Waals surface area contributed by atoms with Crippen molar-refractivity contribution in [3.8, 4) is 0 Å². The van der Waals surface area contributed by atoms with Crippen molar-refractivity contribution >= 4 is 0 Å². The van der Waals surface area contributed by atoms with Crippen molar-refractivity contribution in [3.05, 3.63) is 11.9 Å². The molecule has 0 unspecified atom stereocenters. The molecule has 1 aromatic heterocycles. The average molecular weight is 250 g/mol. The van der Waals surface area contributed by atoms with Crippen LogP contribution in [0, 0.1) is 5.92 Å². The fourth-order valence-corrected chi connectivity index (χ4v) is 2.60. The molecule has 1 aliphatic carbocycles. The predicted molar refractivity (Wildman–Crippen MR) is 73.3 cm³/mol. The Morgan fingerprint density at radius 2 is 2.06 bits per heavy atom. The molecule has 18 heavy (non-hydrogen) atoms. The Hall–Kier alpha value is -0.900. The van der Waals surface area contributed by atoms with Gasteiger partial charge >= 0.3 is 0 Å². The third kappa shape index (κ3) is 3.31. The van der Waals surface area contributed by atoms with Gasteiger partial charge in [-0.3, -0.25) is 0 Å². The summed E-state index contributed by atoms with van der Waals surface area (Å²) in [5.41, 5.74) is 1.05. The topological polar surface area (TPSA) is 42.7 Å². The second-order valence-corrected chi connectivity index (χ2v) is 6.54. The highest BCUT2D eigenvalue weighted by Gasteiger charge is 2.21. The van der Waals surface area contributed by atoms with Crippen LogP contribution in [0.5, 0.6) is 0 Å². The van der Waals surface area contributed by atoms with Crippen molar-refractivity contribution in [3.63, 3.8) is 0 Å². The lowest BCUT2D eigenvalue weighted by atomic mass is 10.00. The molecular formula is C14H26N4. The summed E-state index contributed by atoms with van der Waals surface area (Å²) in [5, 5.41) is 12.0. The Morgan fingerprint density at radius 1 is 1.39 bits per heavy atom. The van der Waals surface area contributed by atoms with Crippen LogP contribution in [0.15, 0.2) is 6.20 Å². The van der Waals surface area contributed by atoms with Crippen LogP contribution in [0.25, 0.3) is 0 Å². The summed E-state index contributed by atoms with van der Waals surface area (Å²) in [6.07, 6.45) is 7.61. The van der Waals surface area contributed by atoms with Crippen LogP contribution in [0.4, 0.5) is 0 Å². The molecule has 0 aromatic carbocycles. The second kappa shape index (κ2) is 5.39. The average Bonchev–Trinajstić information content (AvgIpc) is 2.96. The van der Waals surface area contributed by atoms with E-state index in [0.717, 1.165) is 18.2 Å². The minimum Gasteiger partial charge on any atom is -0.308 e. The van der Waals surface area contributed by atoms with Crippen molar-refractivity contribution in [2.24, 2.45) is 5.92 Å². The van der Waals surface area contributed by atoms with Crippen molar-refractivity contribution in [2.45, 2.75) is 71.5 Å². The van der Waals surface area contributed by atoms with E-state index in [1.165, 1.54) is 25.7 Å². The highest BCUT2D eigenvalue weighted by Crippen LogP contribution is 2.27. The number of hydrogen-bond donors (Lipinski definition) is 1. The number of nitrogens with one attached hydrogen (secondary N) is 1. The maximum atomic E-state index is 4.23. The van der Waals surface area contributed by atoms with Crippen molar-refractivity contribution in [1.29, 1.82) is 0 Å². The third-order valence-corrected chi connectivity index (χ3v) is 3.94. The first kappa shape index (κ1) is 13.5. The van der Waals surface area contributed by atoms with E-state index in [1.54, 1.807) is 0 Å². The normalized spacial score (nSPS) is 19.3. The molecule has 0 radical (unpaired) electrons. The SMILES string of the molecule is C[C@H](NCc1cn(C(C)(C)C)nn1)C1CCCC1. The molecule has 4 nitrogen and oxygen atoms in total. The lowest BCUT2D eigenvalue weighted by molar-refractivity contribution is 0.346. The largest absolute Gasteiger partial charge is 0.308 e. The summed E-state index contributed by atoms with van der Waals surface area (Å²) in [6.45, 7) is 9.54. The van der Waals surface area contributed by atoms with Gasteiger partial charge in [0.15, 0.2) is 0 Å². The monoisotopic (exact) mass is 250 g/mol. The van der Waals surface area contributed by atoms with Gasteiger partial charge in [0.1, 0.15) is 0 Å². The van der Waals surface area contributed by atoms with E-state index in [2.05, 4.69) is 43.3 Å². The van der Waals surface area contributed by atoms with Gasteiger partial charge in [-0.1, -0.05) is 18.1 Å². The molecule has 0 bridgehead atoms. The molecule has 2 rings (SSSR count). The molecule has 0 amide bonds. The Morgan fingerprint density at radius 3 is 2.61 bits per heavy atom. The first-order valence-electron chi connectivity index (χ1n) is 7.12. The van der Waals surface area contributed by atoms with Gasteiger partial charge in [0.05, 0.1) is 17.4 Å². The zero-order chi connectivity index (χ0) is 13.2. The molecular weight excluding hydrogens is 224 g/mol. The summed E-state index contributed by atoms with van der Waals surface area (Å²) in [6, 6.07) is 0.590. The van der Waals surface area contributed by atoms with Gasteiger partial charge in [-0.25, -0.2) is 4.68 Å². The standard InChI is InChI=1S/C14H26N4/c1-11(12-7-5-6-8-12)15-9-13-10-18(17-16-13)14(2,3)4/h10-12,15H,5-9H2,1-4H3/t11-/m0/s1. The quantitative estimate of drug-likeness (QED) is 0.893. The van der Waals surface area contributed by atoms with Gasteiger partial charge in [-0.15, -0.1) is 5.10 Å². The molecule has 0 spiro atoms. The van der Waals surface area contributed by atoms with Crippen LogP contribution in [0.3, 0.4) is 0 Å². The number of aromatic nitrogens is 3. The van der Waals surface area contributed by atoms with Gasteiger partial charge in [0.2, 0.25) is 0 Å². The minimum atomic E-state index is 0.0162. The van der Waals surface area contributed by atoms with Gasteiger partial charge < -0.3 is 5.32 Å². The van der Waals surface area contributed by atoms with Crippen molar-refractivity contribution in [2.75, 3.05) is 0 Å². The molecule has 1 atom stereocenters. The lowest BCUT2D eigenvalue weighted by Crippen LogP contribution is -2.31. The summed E-state index contributed by atoms with van der Waals surface area (Å²) in [5.74, 6) is 0.850. The van der Waals surface area contributed by atoms with E-state index in [9.17, 15) is 0 Å². The van der Waals surface area contributed by atoms with Crippen LogP contribution >= 0.6 is 0 Å². The smallest absolute Gasteiger partial charge is 0.0965 e. The van der Waals surface area contributed by atoms with E-state index in [1.807, 2.05) is 10.9 Å². The molecule has 1 saturated carbocycles. The van der Waals surface area contributed by atoms with Crippen molar-refractivity contribution in [1.82, 2.24) is 20.3 Å². The Balaban J connectivity index is 1.84. The number of hydrogen-bond acceptors (Lipinski definition) is 3. The van der Waals surface area contributed by atoms with E-state index < -0.39 is 0 Å². The fraction of sp³-hybridized carbons (Fsp3) is 0.857. The van der Waals surface area contributed by atoms with Gasteiger partial charge in [0.25, 0.3) is 0 Å². The molecule has 0 aliphatic heterocycles. The van der Waals surface area contributed by atoms with Crippen LogP contribution < -0.4 is 5.32 Å². The van der Waals surface area contributed by atoms with Crippen LogP contribution in [0.1, 0.15) is 59.1 Å². The zero-order valence-electron chi connectivity index (χ0n) is 12.1. The summed E-state index contributed by atoms with van der Waals surface area (Å²) < 4.78 is 1.93. The van der Waals surface area contributed by atoms with Gasteiger partial charge in [0, 0.05) is 12.6 Å². The summed E-state index contributed by atoms with van der Waals surface area (Å²) in [7, 11) is 0. The van der Waals surface area contributed by atoms with Crippen LogP contribution in [-0.2, 0) is 12.1 Å². The van der Waals surface area contributed by atoms with E-state index in [-0.39, 0.29) is 5.54 Å². The lowest BCUT2D eigenvalue weighted by Gasteiger charge is -2.19. The first-order valence-corrected chi connectivity index (χ1v) is 7.12. The Bertz CT molecular complexity index is 371. The Labute approximate surface area is 110 Å². The maximum absolute atomic E-state index is 4.23. The van der Waals surface area contributed by atoms with Crippen molar-refractivity contribution < 1.29 is 0 Å². The molecule has 0 saturated heterocycles.